The molecule has 0 amide bonds. The molecule has 0 rings (SSSR count). The van der Waals surface area contributed by atoms with Crippen molar-refractivity contribution in [2.75, 3.05) is 0 Å². The molecule has 0 saturated heterocycles. The van der Waals surface area contributed by atoms with Gasteiger partial charge in [0.05, 0.1) is 0 Å². The first-order chi connectivity index (χ1) is 1.91. The Labute approximate surface area is 81.9 Å². The van der Waals surface area contributed by atoms with E-state index in [-0.39, 0.29) is 29.6 Å². The summed E-state index contributed by atoms with van der Waals surface area (Å²) < 4.78 is 0. The maximum atomic E-state index is 2.01. The van der Waals surface area contributed by atoms with Crippen molar-refractivity contribution >= 4 is 46.6 Å². The van der Waals surface area contributed by atoms with Crippen LogP contribution in [0.3, 0.4) is 0 Å². The summed E-state index contributed by atoms with van der Waals surface area (Å²) in [5, 5.41) is 0. The Bertz CT molecular complexity index is 9.61. The summed E-state index contributed by atoms with van der Waals surface area (Å²) in [6.07, 6.45) is 0. The zero-order chi connectivity index (χ0) is 3.41. The summed E-state index contributed by atoms with van der Waals surface area (Å²) in [5.74, 6) is 0. The van der Waals surface area contributed by atoms with E-state index in [9.17, 15) is 0 Å². The van der Waals surface area contributed by atoms with Crippen LogP contribution in [-0.4, -0.2) is 29.6 Å². The second-order valence-corrected chi connectivity index (χ2v) is 7.25. The summed E-state index contributed by atoms with van der Waals surface area (Å²) in [6, 6.07) is 0. The second-order valence-electron chi connectivity index (χ2n) is 0.136. The van der Waals surface area contributed by atoms with Crippen molar-refractivity contribution < 1.29 is 37.1 Å². The molecule has 5 heavy (non-hydrogen) atoms. The van der Waals surface area contributed by atoms with Crippen LogP contribution in [0.2, 0.25) is 0 Å². The molecule has 26 valence electrons. The first-order valence-electron chi connectivity index (χ1n) is 0.500. The van der Waals surface area contributed by atoms with Crippen molar-refractivity contribution in [3.05, 3.63) is 0 Å². The topological polar surface area (TPSA) is 0 Å². The Morgan fingerprint density at radius 1 is 1.00 bits per heavy atom. The molecule has 0 radical (unpaired) electrons. The average Bonchev–Trinajstić information content (AvgIpc) is 1.37. The van der Waals surface area contributed by atoms with E-state index in [1.807, 2.05) is 37.1 Å². The normalized spacial score (nSPS) is 5.60. The molecule has 0 aromatic rings. The van der Waals surface area contributed by atoms with Gasteiger partial charge in [0.15, 0.2) is 0 Å². The van der Waals surface area contributed by atoms with E-state index in [0.717, 1.165) is 0 Å². The van der Waals surface area contributed by atoms with E-state index in [0.29, 0.717) is 0 Å². The van der Waals surface area contributed by atoms with Gasteiger partial charge in [-0.1, -0.05) is 0 Å². The fourth-order valence-corrected chi connectivity index (χ4v) is 0. The Balaban J connectivity index is 0. The fourth-order valence-electron chi connectivity index (χ4n) is 0. The Morgan fingerprint density at radius 3 is 1.20 bits per heavy atom. The van der Waals surface area contributed by atoms with Crippen molar-refractivity contribution in [3.63, 3.8) is 0 Å². The molecule has 0 bridgehead atoms. The summed E-state index contributed by atoms with van der Waals surface area (Å²) in [7, 11) is 3.58. The van der Waals surface area contributed by atoms with Crippen molar-refractivity contribution in [3.8, 4) is 0 Å². The van der Waals surface area contributed by atoms with Crippen molar-refractivity contribution in [2.45, 2.75) is 0 Å². The van der Waals surface area contributed by atoms with Crippen molar-refractivity contribution in [2.24, 2.45) is 0 Å². The van der Waals surface area contributed by atoms with Gasteiger partial charge in [-0.3, -0.25) is 0 Å². The van der Waals surface area contributed by atoms with Crippen LogP contribution in [0, 0.1) is 0 Å². The van der Waals surface area contributed by atoms with Crippen LogP contribution in [0.4, 0.5) is 0 Å². The third kappa shape index (κ3) is 11.0. The van der Waals surface area contributed by atoms with E-state index in [4.69, 9.17) is 0 Å². The number of hydrogen-bond donors (Lipinski definition) is 0. The summed E-state index contributed by atoms with van der Waals surface area (Å²) >= 11 is 4.01. The van der Waals surface area contributed by atoms with Crippen LogP contribution in [0.15, 0.2) is 0 Å². The molecule has 0 N–H and O–H groups in total. The van der Waals surface area contributed by atoms with E-state index in [1.54, 1.807) is 17.0 Å². The van der Waals surface area contributed by atoms with Crippen LogP contribution in [0.1, 0.15) is 0 Å². The molecule has 0 aromatic carbocycles. The molecular formula is HMo2NaS2. The van der Waals surface area contributed by atoms with Gasteiger partial charge in [-0.25, -0.2) is 0 Å². The van der Waals surface area contributed by atoms with E-state index in [2.05, 4.69) is 0 Å². The van der Waals surface area contributed by atoms with Gasteiger partial charge in [0, 0.05) is 0 Å². The van der Waals surface area contributed by atoms with Gasteiger partial charge in [-0.05, 0) is 0 Å². The number of hydrogen-bond acceptors (Lipinski definition) is 2. The van der Waals surface area contributed by atoms with Crippen LogP contribution in [0.25, 0.3) is 0 Å². The Kier molecular flexibility index (Phi) is 22.2. The molecule has 0 spiro atoms. The number of rotatable bonds is 1. The Morgan fingerprint density at radius 2 is 1.20 bits per heavy atom. The van der Waals surface area contributed by atoms with Gasteiger partial charge in [-0.2, -0.15) is 0 Å². The summed E-state index contributed by atoms with van der Waals surface area (Å²) in [5.41, 5.74) is 0. The maximum absolute atomic E-state index is 2.01. The molecule has 0 aliphatic rings. The molecular weight excluding hydrogens is 279 g/mol. The average molecular weight is 280 g/mol. The molecule has 0 aromatic heterocycles. The zero-order valence-electron chi connectivity index (χ0n) is 1.63. The van der Waals surface area contributed by atoms with E-state index in [1.165, 1.54) is 0 Å². The molecule has 0 atom stereocenters. The third-order valence-electron chi connectivity index (χ3n) is 0.0278. The van der Waals surface area contributed by atoms with E-state index >= 15 is 0 Å². The summed E-state index contributed by atoms with van der Waals surface area (Å²) in [6.45, 7) is 0. The molecule has 0 nitrogen and oxygen atoms in total. The minimum absolute atomic E-state index is 0. The molecule has 0 fully saturated rings. The standard InChI is InChI=1S/2Mo.Na.S2.H/c;;;1-2;/q2*+1;;-2;. The minimum atomic E-state index is 0. The van der Waals surface area contributed by atoms with E-state index < -0.39 is 0 Å². The van der Waals surface area contributed by atoms with Crippen molar-refractivity contribution in [1.29, 1.82) is 0 Å². The molecule has 0 saturated carbocycles. The second kappa shape index (κ2) is 10.1. The molecule has 5 heteroatoms. The summed E-state index contributed by atoms with van der Waals surface area (Å²) in [4.78, 5) is 0. The first kappa shape index (κ1) is 11.0. The van der Waals surface area contributed by atoms with Gasteiger partial charge in [0.25, 0.3) is 0 Å². The monoisotopic (exact) mass is 284 g/mol. The predicted octanol–water partition coefficient (Wildman–Crippen LogP) is 0.643. The Hall–Kier alpha value is 3.08. The molecule has 0 aliphatic carbocycles. The van der Waals surface area contributed by atoms with Gasteiger partial charge < -0.3 is 0 Å². The third-order valence-corrected chi connectivity index (χ3v) is 8.75. The first-order valence-corrected chi connectivity index (χ1v) is 7.42. The molecule has 0 aliphatic heterocycles. The SMILES string of the molecule is [Mo][S][S][Mo].[NaH]. The van der Waals surface area contributed by atoms with Gasteiger partial charge in [0.1, 0.15) is 0 Å². The van der Waals surface area contributed by atoms with Gasteiger partial charge in [-0.15, -0.1) is 0 Å². The molecule has 0 unspecified atom stereocenters. The van der Waals surface area contributed by atoms with Gasteiger partial charge >= 0.3 is 83.6 Å². The van der Waals surface area contributed by atoms with Crippen LogP contribution < -0.4 is 0 Å². The predicted molar refractivity (Wildman–Crippen MR) is 22.3 cm³/mol. The fraction of sp³-hybridized carbons (Fsp3) is 0. The van der Waals surface area contributed by atoms with Crippen LogP contribution in [0.5, 0.6) is 0 Å². The van der Waals surface area contributed by atoms with Crippen LogP contribution >= 0.6 is 17.0 Å². The van der Waals surface area contributed by atoms with Gasteiger partial charge in [0.2, 0.25) is 0 Å². The molecule has 0 heterocycles. The van der Waals surface area contributed by atoms with Crippen LogP contribution in [-0.2, 0) is 37.1 Å². The quantitative estimate of drug-likeness (QED) is 0.511. The zero-order valence-corrected chi connectivity index (χ0v) is 7.28. The van der Waals surface area contributed by atoms with Crippen molar-refractivity contribution in [1.82, 2.24) is 0 Å².